The van der Waals surface area contributed by atoms with Gasteiger partial charge in [-0.1, -0.05) is 109 Å². The second-order valence-electron chi connectivity index (χ2n) is 7.05. The SMILES string of the molecule is C(=NCCN=Cc1ccc(-c2ccccc2)cc1)c1ccc(-c2ccccc2)cc1. The van der Waals surface area contributed by atoms with Crippen LogP contribution in [0.4, 0.5) is 0 Å². The molecule has 4 aromatic rings. The third-order valence-corrected chi connectivity index (χ3v) is 4.87. The Morgan fingerprint density at radius 2 is 0.733 bits per heavy atom. The summed E-state index contributed by atoms with van der Waals surface area (Å²) < 4.78 is 0. The molecule has 4 rings (SSSR count). The quantitative estimate of drug-likeness (QED) is 0.253. The van der Waals surface area contributed by atoms with Crippen molar-refractivity contribution in [3.8, 4) is 22.3 Å². The van der Waals surface area contributed by atoms with Crippen LogP contribution < -0.4 is 0 Å². The predicted octanol–water partition coefficient (Wildman–Crippen LogP) is 6.56. The van der Waals surface area contributed by atoms with Gasteiger partial charge in [-0.3, -0.25) is 9.98 Å². The summed E-state index contributed by atoms with van der Waals surface area (Å²) in [6.07, 6.45) is 3.83. The Morgan fingerprint density at radius 3 is 1.10 bits per heavy atom. The smallest absolute Gasteiger partial charge is 0.0585 e. The first-order chi connectivity index (χ1) is 14.9. The molecule has 0 spiro atoms. The summed E-state index contributed by atoms with van der Waals surface area (Å²) in [5.41, 5.74) is 7.11. The lowest BCUT2D eigenvalue weighted by atomic mass is 10.0. The molecule has 0 bridgehead atoms. The molecular formula is C28H24N2. The van der Waals surface area contributed by atoms with Gasteiger partial charge in [0.05, 0.1) is 13.1 Å². The molecule has 0 aliphatic rings. The van der Waals surface area contributed by atoms with Crippen molar-refractivity contribution in [2.24, 2.45) is 9.98 Å². The highest BCUT2D eigenvalue weighted by molar-refractivity contribution is 5.82. The Hall–Kier alpha value is -3.78. The zero-order valence-electron chi connectivity index (χ0n) is 16.9. The van der Waals surface area contributed by atoms with Gasteiger partial charge >= 0.3 is 0 Å². The number of nitrogens with zero attached hydrogens (tertiary/aromatic N) is 2. The average Bonchev–Trinajstić information content (AvgIpc) is 2.83. The summed E-state index contributed by atoms with van der Waals surface area (Å²) >= 11 is 0. The van der Waals surface area contributed by atoms with E-state index in [1.54, 1.807) is 0 Å². The molecule has 0 fully saturated rings. The van der Waals surface area contributed by atoms with Crippen molar-refractivity contribution in [2.75, 3.05) is 13.1 Å². The van der Waals surface area contributed by atoms with E-state index < -0.39 is 0 Å². The van der Waals surface area contributed by atoms with Gasteiger partial charge in [0, 0.05) is 12.4 Å². The number of hydrogen-bond donors (Lipinski definition) is 0. The van der Waals surface area contributed by atoms with E-state index in [0.29, 0.717) is 13.1 Å². The van der Waals surface area contributed by atoms with Gasteiger partial charge in [-0.05, 0) is 33.4 Å². The molecule has 0 N–H and O–H groups in total. The molecule has 0 saturated heterocycles. The highest BCUT2D eigenvalue weighted by Gasteiger charge is 1.97. The molecule has 0 amide bonds. The van der Waals surface area contributed by atoms with Crippen LogP contribution in [0.15, 0.2) is 119 Å². The first-order valence-electron chi connectivity index (χ1n) is 10.2. The van der Waals surface area contributed by atoms with E-state index in [1.807, 2.05) is 24.6 Å². The average molecular weight is 389 g/mol. The van der Waals surface area contributed by atoms with E-state index in [0.717, 1.165) is 11.1 Å². The highest BCUT2D eigenvalue weighted by atomic mass is 14.8. The van der Waals surface area contributed by atoms with E-state index >= 15 is 0 Å². The molecule has 0 heterocycles. The van der Waals surface area contributed by atoms with Crippen molar-refractivity contribution >= 4 is 12.4 Å². The van der Waals surface area contributed by atoms with Crippen LogP contribution in [-0.4, -0.2) is 25.5 Å². The van der Waals surface area contributed by atoms with Crippen LogP contribution in [0.2, 0.25) is 0 Å². The maximum atomic E-state index is 4.49. The van der Waals surface area contributed by atoms with Crippen molar-refractivity contribution in [1.82, 2.24) is 0 Å². The minimum Gasteiger partial charge on any atom is -0.291 e. The summed E-state index contributed by atoms with van der Waals surface area (Å²) in [7, 11) is 0. The van der Waals surface area contributed by atoms with Crippen LogP contribution in [0.3, 0.4) is 0 Å². The Kier molecular flexibility index (Phi) is 6.59. The van der Waals surface area contributed by atoms with Gasteiger partial charge in [0.15, 0.2) is 0 Å². The molecule has 0 radical (unpaired) electrons. The van der Waals surface area contributed by atoms with Crippen LogP contribution in [0, 0.1) is 0 Å². The zero-order chi connectivity index (χ0) is 20.4. The number of hydrogen-bond acceptors (Lipinski definition) is 2. The minimum atomic E-state index is 0.680. The van der Waals surface area contributed by atoms with Crippen molar-refractivity contribution in [2.45, 2.75) is 0 Å². The van der Waals surface area contributed by atoms with Crippen molar-refractivity contribution in [3.05, 3.63) is 120 Å². The Labute approximate surface area is 178 Å². The fourth-order valence-corrected chi connectivity index (χ4v) is 3.24. The van der Waals surface area contributed by atoms with Gasteiger partial charge in [0.25, 0.3) is 0 Å². The fourth-order valence-electron chi connectivity index (χ4n) is 3.24. The summed E-state index contributed by atoms with van der Waals surface area (Å²) in [5, 5.41) is 0. The lowest BCUT2D eigenvalue weighted by Gasteiger charge is -2.02. The molecular weight excluding hydrogens is 364 g/mol. The van der Waals surface area contributed by atoms with Gasteiger partial charge in [-0.15, -0.1) is 0 Å². The first kappa shape index (κ1) is 19.5. The fraction of sp³-hybridized carbons (Fsp3) is 0.0714. The summed E-state index contributed by atoms with van der Waals surface area (Å²) in [4.78, 5) is 8.98. The highest BCUT2D eigenvalue weighted by Crippen LogP contribution is 2.19. The van der Waals surface area contributed by atoms with Gasteiger partial charge in [0.1, 0.15) is 0 Å². The van der Waals surface area contributed by atoms with E-state index in [-0.39, 0.29) is 0 Å². The van der Waals surface area contributed by atoms with E-state index in [9.17, 15) is 0 Å². The van der Waals surface area contributed by atoms with E-state index in [2.05, 4.69) is 107 Å². The molecule has 30 heavy (non-hydrogen) atoms. The molecule has 0 saturated carbocycles. The molecule has 4 aromatic carbocycles. The van der Waals surface area contributed by atoms with Crippen LogP contribution in [0.25, 0.3) is 22.3 Å². The summed E-state index contributed by atoms with van der Waals surface area (Å²) in [6.45, 7) is 1.36. The number of aliphatic imine (C=N–C) groups is 2. The van der Waals surface area contributed by atoms with Gasteiger partial charge in [-0.2, -0.15) is 0 Å². The van der Waals surface area contributed by atoms with Gasteiger partial charge in [-0.25, -0.2) is 0 Å². The Balaban J connectivity index is 1.25. The van der Waals surface area contributed by atoms with Crippen LogP contribution in [-0.2, 0) is 0 Å². The maximum absolute atomic E-state index is 4.49. The van der Waals surface area contributed by atoms with Crippen LogP contribution in [0.1, 0.15) is 11.1 Å². The Bertz CT molecular complexity index is 1000. The first-order valence-corrected chi connectivity index (χ1v) is 10.2. The minimum absolute atomic E-state index is 0.680. The van der Waals surface area contributed by atoms with Crippen molar-refractivity contribution in [3.63, 3.8) is 0 Å². The molecule has 0 aliphatic carbocycles. The van der Waals surface area contributed by atoms with Gasteiger partial charge < -0.3 is 0 Å². The monoisotopic (exact) mass is 388 g/mol. The Morgan fingerprint density at radius 1 is 0.400 bits per heavy atom. The largest absolute Gasteiger partial charge is 0.291 e. The topological polar surface area (TPSA) is 24.7 Å². The molecule has 0 unspecified atom stereocenters. The van der Waals surface area contributed by atoms with Gasteiger partial charge in [0.2, 0.25) is 0 Å². The lowest BCUT2D eigenvalue weighted by molar-refractivity contribution is 0.985. The van der Waals surface area contributed by atoms with Crippen molar-refractivity contribution < 1.29 is 0 Å². The number of benzene rings is 4. The lowest BCUT2D eigenvalue weighted by Crippen LogP contribution is -1.91. The molecule has 0 aliphatic heterocycles. The van der Waals surface area contributed by atoms with Crippen LogP contribution >= 0.6 is 0 Å². The summed E-state index contributed by atoms with van der Waals surface area (Å²) in [6, 6.07) is 37.7. The molecule has 146 valence electrons. The summed E-state index contributed by atoms with van der Waals surface area (Å²) in [5.74, 6) is 0. The second kappa shape index (κ2) is 10.1. The third kappa shape index (κ3) is 5.39. The standard InChI is InChI=1S/C28H24N2/c1-3-7-25(8-4-1)27-15-11-23(12-16-27)21-29-19-20-30-22-24-13-17-28(18-14-24)26-9-5-2-6-10-26/h1-18,21-22H,19-20H2. The van der Waals surface area contributed by atoms with E-state index in [4.69, 9.17) is 0 Å². The number of rotatable bonds is 7. The normalized spacial score (nSPS) is 11.3. The molecule has 2 nitrogen and oxygen atoms in total. The van der Waals surface area contributed by atoms with Crippen LogP contribution in [0.5, 0.6) is 0 Å². The van der Waals surface area contributed by atoms with Crippen molar-refractivity contribution in [1.29, 1.82) is 0 Å². The second-order valence-corrected chi connectivity index (χ2v) is 7.05. The molecule has 2 heteroatoms. The third-order valence-electron chi connectivity index (χ3n) is 4.87. The molecule has 0 aromatic heterocycles. The predicted molar refractivity (Wildman–Crippen MR) is 129 cm³/mol. The maximum Gasteiger partial charge on any atom is 0.0585 e. The zero-order valence-corrected chi connectivity index (χ0v) is 16.9. The van der Waals surface area contributed by atoms with E-state index in [1.165, 1.54) is 22.3 Å². The molecule has 0 atom stereocenters.